The number of hydrogen-bond donors (Lipinski definition) is 2. The molecular formula is C11H12FNO6. The molecule has 0 bridgehead atoms. The van der Waals surface area contributed by atoms with E-state index in [0.29, 0.717) is 0 Å². The Labute approximate surface area is 107 Å². The van der Waals surface area contributed by atoms with Crippen LogP contribution < -0.4 is 4.74 Å². The summed E-state index contributed by atoms with van der Waals surface area (Å²) in [6, 6.07) is 5.09. The second kappa shape index (κ2) is 5.47. The highest BCUT2D eigenvalue weighted by atomic mass is 19.1. The van der Waals surface area contributed by atoms with Crippen molar-refractivity contribution in [1.82, 2.24) is 0 Å². The number of ether oxygens (including phenoxy) is 2. The Kier molecular flexibility index (Phi) is 3.93. The third-order valence-corrected chi connectivity index (χ3v) is 2.77. The summed E-state index contributed by atoms with van der Waals surface area (Å²) in [6.07, 6.45) is -5.10. The Balaban J connectivity index is 2.03. The summed E-state index contributed by atoms with van der Waals surface area (Å²) in [5.74, 6) is 0.210. The van der Waals surface area contributed by atoms with Gasteiger partial charge in [-0.1, -0.05) is 0 Å². The van der Waals surface area contributed by atoms with Gasteiger partial charge in [0.05, 0.1) is 4.92 Å². The molecule has 2 rings (SSSR count). The molecule has 0 aromatic heterocycles. The molecule has 0 spiro atoms. The zero-order chi connectivity index (χ0) is 14.0. The van der Waals surface area contributed by atoms with Crippen LogP contribution in [0, 0.1) is 10.1 Å². The zero-order valence-corrected chi connectivity index (χ0v) is 9.68. The van der Waals surface area contributed by atoms with Gasteiger partial charge in [0, 0.05) is 12.1 Å². The fourth-order valence-electron chi connectivity index (χ4n) is 1.72. The van der Waals surface area contributed by atoms with E-state index in [0.717, 1.165) is 0 Å². The van der Waals surface area contributed by atoms with E-state index < -0.39 is 36.2 Å². The minimum atomic E-state index is -1.38. The van der Waals surface area contributed by atoms with Gasteiger partial charge in [-0.25, -0.2) is 4.39 Å². The minimum Gasteiger partial charge on any atom is -0.462 e. The Morgan fingerprint density at radius 3 is 2.42 bits per heavy atom. The van der Waals surface area contributed by atoms with Crippen molar-refractivity contribution in [3.8, 4) is 5.75 Å². The van der Waals surface area contributed by atoms with Gasteiger partial charge in [0.1, 0.15) is 30.7 Å². The zero-order valence-electron chi connectivity index (χ0n) is 9.68. The number of halogens is 1. The Bertz CT molecular complexity index is 453. The van der Waals surface area contributed by atoms with Gasteiger partial charge in [-0.2, -0.15) is 0 Å². The molecule has 2 N–H and O–H groups in total. The predicted molar refractivity (Wildman–Crippen MR) is 60.4 cm³/mol. The summed E-state index contributed by atoms with van der Waals surface area (Å²) in [7, 11) is 0. The number of hydrogen-bond acceptors (Lipinski definition) is 6. The van der Waals surface area contributed by atoms with Crippen molar-refractivity contribution in [3.05, 3.63) is 34.4 Å². The number of alkyl halides is 1. The maximum absolute atomic E-state index is 12.4. The number of aliphatic hydroxyl groups is 2. The van der Waals surface area contributed by atoms with E-state index in [-0.39, 0.29) is 11.4 Å². The van der Waals surface area contributed by atoms with Gasteiger partial charge in [-0.05, 0) is 12.1 Å². The molecule has 1 aliphatic heterocycles. The lowest BCUT2D eigenvalue weighted by atomic mass is 10.1. The molecule has 4 atom stereocenters. The van der Waals surface area contributed by atoms with Crippen molar-refractivity contribution >= 4 is 5.69 Å². The number of rotatable bonds is 4. The van der Waals surface area contributed by atoms with Crippen molar-refractivity contribution in [2.75, 3.05) is 6.67 Å². The first-order valence-electron chi connectivity index (χ1n) is 5.51. The van der Waals surface area contributed by atoms with Gasteiger partial charge >= 0.3 is 0 Å². The first kappa shape index (κ1) is 13.7. The molecule has 8 heteroatoms. The molecule has 0 amide bonds. The number of nitro benzene ring substituents is 1. The summed E-state index contributed by atoms with van der Waals surface area (Å²) in [5.41, 5.74) is -0.109. The van der Waals surface area contributed by atoms with Gasteiger partial charge in [0.15, 0.2) is 0 Å². The Morgan fingerprint density at radius 1 is 1.32 bits per heavy atom. The van der Waals surface area contributed by atoms with Crippen LogP contribution in [0.25, 0.3) is 0 Å². The third kappa shape index (κ3) is 2.80. The van der Waals surface area contributed by atoms with Crippen molar-refractivity contribution < 1.29 is 29.0 Å². The average molecular weight is 273 g/mol. The predicted octanol–water partition coefficient (Wildman–Crippen LogP) is 0.390. The van der Waals surface area contributed by atoms with E-state index in [2.05, 4.69) is 0 Å². The van der Waals surface area contributed by atoms with Crippen molar-refractivity contribution in [3.63, 3.8) is 0 Å². The van der Waals surface area contributed by atoms with Gasteiger partial charge in [-0.3, -0.25) is 10.1 Å². The largest absolute Gasteiger partial charge is 0.462 e. The van der Waals surface area contributed by atoms with Crippen molar-refractivity contribution in [1.29, 1.82) is 0 Å². The Morgan fingerprint density at radius 2 is 1.95 bits per heavy atom. The molecule has 0 unspecified atom stereocenters. The fraction of sp³-hybridized carbons (Fsp3) is 0.455. The van der Waals surface area contributed by atoms with Crippen LogP contribution >= 0.6 is 0 Å². The monoisotopic (exact) mass is 273 g/mol. The molecule has 1 aliphatic rings. The lowest BCUT2D eigenvalue weighted by Crippen LogP contribution is -2.35. The number of non-ortho nitro benzene ring substituents is 1. The molecule has 19 heavy (non-hydrogen) atoms. The standard InChI is InChI=1S/C11H12FNO6/c12-5-8-9(14)10(15)11(19-8)18-7-3-1-6(2-4-7)13(16)17/h1-4,8-11,14-15H,5H2/t8-,9-,10+,11+/m0/s1. The minimum absolute atomic E-state index is 0.109. The summed E-state index contributed by atoms with van der Waals surface area (Å²) >= 11 is 0. The van der Waals surface area contributed by atoms with Crippen LogP contribution in [0.15, 0.2) is 24.3 Å². The molecule has 1 fully saturated rings. The number of benzene rings is 1. The van der Waals surface area contributed by atoms with Gasteiger partial charge in [0.2, 0.25) is 6.29 Å². The van der Waals surface area contributed by atoms with E-state index >= 15 is 0 Å². The summed E-state index contributed by atoms with van der Waals surface area (Å²) in [4.78, 5) is 9.90. The van der Waals surface area contributed by atoms with E-state index in [4.69, 9.17) is 9.47 Å². The normalized spacial score (nSPS) is 30.3. The molecule has 1 aromatic carbocycles. The van der Waals surface area contributed by atoms with Crippen LogP contribution in [0.3, 0.4) is 0 Å². The third-order valence-electron chi connectivity index (χ3n) is 2.77. The van der Waals surface area contributed by atoms with Crippen LogP contribution in [0.4, 0.5) is 10.1 Å². The van der Waals surface area contributed by atoms with Crippen LogP contribution in [0.1, 0.15) is 0 Å². The first-order chi connectivity index (χ1) is 9.02. The van der Waals surface area contributed by atoms with Crippen LogP contribution in [0.2, 0.25) is 0 Å². The highest BCUT2D eigenvalue weighted by molar-refractivity contribution is 5.36. The molecular weight excluding hydrogens is 261 g/mol. The summed E-state index contributed by atoms with van der Waals surface area (Å²) in [6.45, 7) is -0.946. The molecule has 1 saturated heterocycles. The van der Waals surface area contributed by atoms with Gasteiger partial charge in [0.25, 0.3) is 5.69 Å². The first-order valence-corrected chi connectivity index (χ1v) is 5.51. The maximum atomic E-state index is 12.4. The van der Waals surface area contributed by atoms with Crippen LogP contribution in [-0.2, 0) is 4.74 Å². The van der Waals surface area contributed by atoms with E-state index in [9.17, 15) is 24.7 Å². The fourth-order valence-corrected chi connectivity index (χ4v) is 1.72. The lowest BCUT2D eigenvalue weighted by molar-refractivity contribution is -0.384. The smallest absolute Gasteiger partial charge is 0.269 e. The Hall–Kier alpha value is -1.77. The number of nitro groups is 1. The van der Waals surface area contributed by atoms with Crippen molar-refractivity contribution in [2.45, 2.75) is 24.6 Å². The lowest BCUT2D eigenvalue weighted by Gasteiger charge is -2.16. The second-order valence-corrected chi connectivity index (χ2v) is 4.05. The molecule has 104 valence electrons. The number of aliphatic hydroxyl groups excluding tert-OH is 2. The SMILES string of the molecule is O=[N+]([O-])c1ccc(O[C@@H]2O[C@@H](CF)[C@H](O)[C@H]2O)cc1. The van der Waals surface area contributed by atoms with Gasteiger partial charge < -0.3 is 19.7 Å². The molecule has 0 radical (unpaired) electrons. The molecule has 1 aromatic rings. The summed E-state index contributed by atoms with van der Waals surface area (Å²) in [5, 5.41) is 29.5. The van der Waals surface area contributed by atoms with Crippen LogP contribution in [-0.4, -0.2) is 46.4 Å². The maximum Gasteiger partial charge on any atom is 0.269 e. The highest BCUT2D eigenvalue weighted by Crippen LogP contribution is 2.26. The number of nitrogens with zero attached hydrogens (tertiary/aromatic N) is 1. The molecule has 7 nitrogen and oxygen atoms in total. The molecule has 0 saturated carbocycles. The van der Waals surface area contributed by atoms with E-state index in [1.54, 1.807) is 0 Å². The molecule has 0 aliphatic carbocycles. The van der Waals surface area contributed by atoms with E-state index in [1.807, 2.05) is 0 Å². The van der Waals surface area contributed by atoms with E-state index in [1.165, 1.54) is 24.3 Å². The quantitative estimate of drug-likeness (QED) is 0.607. The van der Waals surface area contributed by atoms with Crippen LogP contribution in [0.5, 0.6) is 5.75 Å². The van der Waals surface area contributed by atoms with Gasteiger partial charge in [-0.15, -0.1) is 0 Å². The molecule has 1 heterocycles. The average Bonchev–Trinajstić information content (AvgIpc) is 2.67. The van der Waals surface area contributed by atoms with Crippen molar-refractivity contribution in [2.24, 2.45) is 0 Å². The highest BCUT2D eigenvalue weighted by Gasteiger charge is 2.44. The topological polar surface area (TPSA) is 102 Å². The summed E-state index contributed by atoms with van der Waals surface area (Å²) < 4.78 is 22.6. The second-order valence-electron chi connectivity index (χ2n) is 4.05.